The van der Waals surface area contributed by atoms with Crippen LogP contribution in [0.3, 0.4) is 0 Å². The molecule has 1 amide bonds. The number of para-hydroxylation sites is 1. The molecule has 4 heteroatoms. The van der Waals surface area contributed by atoms with E-state index in [2.05, 4.69) is 10.3 Å². The number of anilines is 1. The number of rotatable bonds is 2. The number of hydrogen-bond donors (Lipinski definition) is 1. The van der Waals surface area contributed by atoms with Crippen molar-refractivity contribution in [1.82, 2.24) is 4.98 Å². The summed E-state index contributed by atoms with van der Waals surface area (Å²) >= 11 is 5.84. The van der Waals surface area contributed by atoms with Crippen molar-refractivity contribution in [3.8, 4) is 0 Å². The monoisotopic (exact) mass is 260 g/mol. The number of amides is 1. The lowest BCUT2D eigenvalue weighted by Crippen LogP contribution is -2.13. The van der Waals surface area contributed by atoms with Crippen LogP contribution in [-0.2, 0) is 0 Å². The fourth-order valence-corrected chi connectivity index (χ4v) is 1.92. The van der Waals surface area contributed by atoms with Crippen LogP contribution >= 0.6 is 11.6 Å². The third-order valence-corrected chi connectivity index (χ3v) is 2.77. The first-order valence-electron chi connectivity index (χ1n) is 5.57. The van der Waals surface area contributed by atoms with Crippen molar-refractivity contribution in [2.45, 2.75) is 13.8 Å². The number of nitrogens with one attached hydrogen (secondary N) is 1. The molecular formula is C14H13ClN2O. The molecule has 1 aromatic heterocycles. The number of benzene rings is 1. The van der Waals surface area contributed by atoms with Gasteiger partial charge in [0.15, 0.2) is 0 Å². The van der Waals surface area contributed by atoms with E-state index in [0.717, 1.165) is 16.9 Å². The van der Waals surface area contributed by atoms with E-state index in [9.17, 15) is 4.79 Å². The summed E-state index contributed by atoms with van der Waals surface area (Å²) < 4.78 is 0. The lowest BCUT2D eigenvalue weighted by molar-refractivity contribution is 0.102. The van der Waals surface area contributed by atoms with E-state index in [-0.39, 0.29) is 5.91 Å². The smallest absolute Gasteiger partial charge is 0.255 e. The molecule has 0 aliphatic heterocycles. The van der Waals surface area contributed by atoms with Crippen molar-refractivity contribution in [3.63, 3.8) is 0 Å². The quantitative estimate of drug-likeness (QED) is 0.839. The van der Waals surface area contributed by atoms with Crippen LogP contribution < -0.4 is 5.32 Å². The van der Waals surface area contributed by atoms with Crippen LogP contribution in [0.1, 0.15) is 21.6 Å². The zero-order valence-corrected chi connectivity index (χ0v) is 11.0. The molecule has 0 aliphatic carbocycles. The molecule has 92 valence electrons. The average Bonchev–Trinajstić information content (AvgIpc) is 2.31. The molecule has 0 unspecified atom stereocenters. The second-order valence-corrected chi connectivity index (χ2v) is 4.48. The van der Waals surface area contributed by atoms with Gasteiger partial charge in [-0.2, -0.15) is 0 Å². The molecule has 2 rings (SSSR count). The first-order chi connectivity index (χ1) is 8.56. The van der Waals surface area contributed by atoms with Crippen LogP contribution in [-0.4, -0.2) is 10.9 Å². The number of aryl methyl sites for hydroxylation is 2. The fourth-order valence-electron chi connectivity index (χ4n) is 1.67. The Kier molecular flexibility index (Phi) is 3.63. The van der Waals surface area contributed by atoms with E-state index in [1.165, 1.54) is 0 Å². The Bertz CT molecular complexity index is 576. The maximum absolute atomic E-state index is 12.1. The first kappa shape index (κ1) is 12.6. The number of hydrogen-bond acceptors (Lipinski definition) is 2. The summed E-state index contributed by atoms with van der Waals surface area (Å²) in [4.78, 5) is 16.1. The van der Waals surface area contributed by atoms with Crippen LogP contribution in [0.25, 0.3) is 0 Å². The van der Waals surface area contributed by atoms with Crippen molar-refractivity contribution in [3.05, 3.63) is 58.4 Å². The van der Waals surface area contributed by atoms with E-state index >= 15 is 0 Å². The summed E-state index contributed by atoms with van der Waals surface area (Å²) in [6.45, 7) is 3.75. The number of pyridine rings is 1. The van der Waals surface area contributed by atoms with Gasteiger partial charge < -0.3 is 5.32 Å². The third-order valence-electron chi connectivity index (χ3n) is 2.58. The fraction of sp³-hybridized carbons (Fsp3) is 0.143. The van der Waals surface area contributed by atoms with Crippen molar-refractivity contribution in [1.29, 1.82) is 0 Å². The van der Waals surface area contributed by atoms with Crippen LogP contribution in [0, 0.1) is 13.8 Å². The molecule has 0 bridgehead atoms. The number of nitrogens with zero attached hydrogens (tertiary/aromatic N) is 1. The standard InChI is InChI=1S/C14H13ClN2O/c1-9-5-3-4-6-12(9)17-14(18)11-7-10(2)16-13(15)8-11/h3-8H,1-2H3,(H,17,18). The molecule has 0 fully saturated rings. The van der Waals surface area contributed by atoms with E-state index in [1.807, 2.05) is 31.2 Å². The van der Waals surface area contributed by atoms with Crippen molar-refractivity contribution in [2.75, 3.05) is 5.32 Å². The normalized spacial score (nSPS) is 10.2. The molecule has 1 aromatic carbocycles. The molecule has 0 saturated heterocycles. The predicted molar refractivity (Wildman–Crippen MR) is 73.1 cm³/mol. The molecule has 0 radical (unpaired) electrons. The molecule has 1 heterocycles. The van der Waals surface area contributed by atoms with Crippen LogP contribution in [0.4, 0.5) is 5.69 Å². The Morgan fingerprint density at radius 1 is 1.22 bits per heavy atom. The van der Waals surface area contributed by atoms with Gasteiger partial charge in [0.2, 0.25) is 0 Å². The van der Waals surface area contributed by atoms with E-state index < -0.39 is 0 Å². The maximum atomic E-state index is 12.1. The molecule has 0 atom stereocenters. The van der Waals surface area contributed by atoms with Crippen molar-refractivity contribution in [2.24, 2.45) is 0 Å². The van der Waals surface area contributed by atoms with Gasteiger partial charge in [-0.25, -0.2) is 4.98 Å². The van der Waals surface area contributed by atoms with Gasteiger partial charge in [0.25, 0.3) is 5.91 Å². The molecule has 3 nitrogen and oxygen atoms in total. The zero-order chi connectivity index (χ0) is 13.1. The van der Waals surface area contributed by atoms with Gasteiger partial charge in [-0.1, -0.05) is 29.8 Å². The Morgan fingerprint density at radius 3 is 2.61 bits per heavy atom. The molecule has 0 spiro atoms. The summed E-state index contributed by atoms with van der Waals surface area (Å²) in [5.41, 5.74) is 3.05. The van der Waals surface area contributed by atoms with Gasteiger partial charge in [-0.15, -0.1) is 0 Å². The lowest BCUT2D eigenvalue weighted by atomic mass is 10.1. The SMILES string of the molecule is Cc1cc(C(=O)Nc2ccccc2C)cc(Cl)n1. The van der Waals surface area contributed by atoms with Gasteiger partial charge in [0.1, 0.15) is 5.15 Å². The zero-order valence-electron chi connectivity index (χ0n) is 10.2. The molecular weight excluding hydrogens is 248 g/mol. The van der Waals surface area contributed by atoms with Crippen LogP contribution in [0.15, 0.2) is 36.4 Å². The van der Waals surface area contributed by atoms with Gasteiger partial charge in [0.05, 0.1) is 0 Å². The highest BCUT2D eigenvalue weighted by Crippen LogP contribution is 2.16. The van der Waals surface area contributed by atoms with E-state index in [1.54, 1.807) is 19.1 Å². The summed E-state index contributed by atoms with van der Waals surface area (Å²) in [7, 11) is 0. The minimum atomic E-state index is -0.184. The highest BCUT2D eigenvalue weighted by atomic mass is 35.5. The summed E-state index contributed by atoms with van der Waals surface area (Å²) in [5, 5.41) is 3.18. The Labute approximate surface area is 111 Å². The minimum Gasteiger partial charge on any atom is -0.322 e. The largest absolute Gasteiger partial charge is 0.322 e. The van der Waals surface area contributed by atoms with Crippen molar-refractivity contribution < 1.29 is 4.79 Å². The van der Waals surface area contributed by atoms with Gasteiger partial charge in [-0.05, 0) is 37.6 Å². The van der Waals surface area contributed by atoms with E-state index in [0.29, 0.717) is 10.7 Å². The Hall–Kier alpha value is -1.87. The second kappa shape index (κ2) is 5.19. The summed E-state index contributed by atoms with van der Waals surface area (Å²) in [5.74, 6) is -0.184. The first-order valence-corrected chi connectivity index (χ1v) is 5.95. The van der Waals surface area contributed by atoms with Gasteiger partial charge in [0, 0.05) is 16.9 Å². The lowest BCUT2D eigenvalue weighted by Gasteiger charge is -2.08. The van der Waals surface area contributed by atoms with Crippen LogP contribution in [0.5, 0.6) is 0 Å². The number of carbonyl (C=O) groups is 1. The number of aromatic nitrogens is 1. The third kappa shape index (κ3) is 2.87. The van der Waals surface area contributed by atoms with Gasteiger partial charge >= 0.3 is 0 Å². The topological polar surface area (TPSA) is 42.0 Å². The van der Waals surface area contributed by atoms with E-state index in [4.69, 9.17) is 11.6 Å². The Balaban J connectivity index is 2.25. The maximum Gasteiger partial charge on any atom is 0.255 e. The number of carbonyl (C=O) groups excluding carboxylic acids is 1. The second-order valence-electron chi connectivity index (χ2n) is 4.09. The minimum absolute atomic E-state index is 0.184. The number of halogens is 1. The van der Waals surface area contributed by atoms with Crippen molar-refractivity contribution >= 4 is 23.2 Å². The highest BCUT2D eigenvalue weighted by molar-refractivity contribution is 6.29. The summed E-state index contributed by atoms with van der Waals surface area (Å²) in [6.07, 6.45) is 0. The van der Waals surface area contributed by atoms with Gasteiger partial charge in [-0.3, -0.25) is 4.79 Å². The molecule has 18 heavy (non-hydrogen) atoms. The molecule has 0 saturated carbocycles. The van der Waals surface area contributed by atoms with Crippen LogP contribution in [0.2, 0.25) is 5.15 Å². The Morgan fingerprint density at radius 2 is 1.94 bits per heavy atom. The molecule has 0 aliphatic rings. The molecule has 1 N–H and O–H groups in total. The predicted octanol–water partition coefficient (Wildman–Crippen LogP) is 3.60. The molecule has 2 aromatic rings. The highest BCUT2D eigenvalue weighted by Gasteiger charge is 2.09. The average molecular weight is 261 g/mol. The summed E-state index contributed by atoms with van der Waals surface area (Å²) in [6, 6.07) is 10.9.